The predicted molar refractivity (Wildman–Crippen MR) is 52.5 cm³/mol. The van der Waals surface area contributed by atoms with E-state index in [1.807, 2.05) is 0 Å². The van der Waals surface area contributed by atoms with Crippen molar-refractivity contribution in [2.24, 2.45) is 5.92 Å². The fourth-order valence-electron chi connectivity index (χ4n) is 1.91. The van der Waals surface area contributed by atoms with E-state index in [9.17, 15) is 0 Å². The second-order valence-corrected chi connectivity index (χ2v) is 4.00. The lowest BCUT2D eigenvalue weighted by Crippen LogP contribution is -2.33. The van der Waals surface area contributed by atoms with Crippen LogP contribution in [0.2, 0.25) is 0 Å². The van der Waals surface area contributed by atoms with Gasteiger partial charge in [0.25, 0.3) is 0 Å². The van der Waals surface area contributed by atoms with Crippen LogP contribution in [-0.4, -0.2) is 36.0 Å². The maximum absolute atomic E-state index is 9.07. The molecular weight excluding hydrogens is 166 g/mol. The van der Waals surface area contributed by atoms with Gasteiger partial charge in [-0.1, -0.05) is 19.3 Å². The molecule has 3 nitrogen and oxygen atoms in total. The number of aliphatic hydroxyl groups excluding tert-OH is 2. The van der Waals surface area contributed by atoms with E-state index in [4.69, 9.17) is 10.2 Å². The number of hydrogen-bond acceptors (Lipinski definition) is 3. The molecule has 0 radical (unpaired) electrons. The quantitative estimate of drug-likeness (QED) is 0.588. The summed E-state index contributed by atoms with van der Waals surface area (Å²) in [5.41, 5.74) is 0. The van der Waals surface area contributed by atoms with Crippen LogP contribution in [0.25, 0.3) is 0 Å². The first kappa shape index (κ1) is 11.0. The van der Waals surface area contributed by atoms with Crippen LogP contribution >= 0.6 is 0 Å². The van der Waals surface area contributed by atoms with Gasteiger partial charge in [0.15, 0.2) is 0 Å². The minimum atomic E-state index is -0.594. The molecule has 13 heavy (non-hydrogen) atoms. The van der Waals surface area contributed by atoms with Crippen LogP contribution in [-0.2, 0) is 0 Å². The molecule has 78 valence electrons. The smallest absolute Gasteiger partial charge is 0.0894 e. The molecule has 0 spiro atoms. The molecule has 0 aromatic rings. The van der Waals surface area contributed by atoms with Gasteiger partial charge in [0.2, 0.25) is 0 Å². The van der Waals surface area contributed by atoms with E-state index in [1.165, 1.54) is 32.1 Å². The van der Waals surface area contributed by atoms with Crippen molar-refractivity contribution >= 4 is 0 Å². The van der Waals surface area contributed by atoms with Gasteiger partial charge in [-0.05, 0) is 25.3 Å². The Hall–Kier alpha value is -0.120. The fourth-order valence-corrected chi connectivity index (χ4v) is 1.91. The molecule has 1 aliphatic carbocycles. The van der Waals surface area contributed by atoms with E-state index in [0.717, 1.165) is 12.5 Å². The third-order valence-corrected chi connectivity index (χ3v) is 2.75. The number of hydrogen-bond donors (Lipinski definition) is 3. The average molecular weight is 187 g/mol. The van der Waals surface area contributed by atoms with Crippen LogP contribution < -0.4 is 5.32 Å². The van der Waals surface area contributed by atoms with Crippen molar-refractivity contribution in [2.75, 3.05) is 19.7 Å². The second-order valence-electron chi connectivity index (χ2n) is 4.00. The lowest BCUT2D eigenvalue weighted by atomic mass is 9.89. The van der Waals surface area contributed by atoms with Crippen LogP contribution in [0.1, 0.15) is 32.1 Å². The van der Waals surface area contributed by atoms with Crippen molar-refractivity contribution in [2.45, 2.75) is 38.2 Å². The highest BCUT2D eigenvalue weighted by atomic mass is 16.3. The van der Waals surface area contributed by atoms with Crippen molar-refractivity contribution in [3.8, 4) is 0 Å². The molecule has 1 fully saturated rings. The zero-order valence-corrected chi connectivity index (χ0v) is 8.21. The van der Waals surface area contributed by atoms with Crippen LogP contribution in [0.4, 0.5) is 0 Å². The minimum Gasteiger partial charge on any atom is -0.394 e. The molecule has 0 saturated heterocycles. The van der Waals surface area contributed by atoms with E-state index in [1.54, 1.807) is 0 Å². The Morgan fingerprint density at radius 3 is 2.54 bits per heavy atom. The summed E-state index contributed by atoms with van der Waals surface area (Å²) in [7, 11) is 0. The lowest BCUT2D eigenvalue weighted by Gasteiger charge is -2.22. The van der Waals surface area contributed by atoms with E-state index >= 15 is 0 Å². The summed E-state index contributed by atoms with van der Waals surface area (Å²) in [4.78, 5) is 0. The molecule has 1 saturated carbocycles. The maximum Gasteiger partial charge on any atom is 0.0894 e. The summed E-state index contributed by atoms with van der Waals surface area (Å²) in [6.45, 7) is 1.38. The van der Waals surface area contributed by atoms with Gasteiger partial charge < -0.3 is 15.5 Å². The number of aliphatic hydroxyl groups is 2. The highest BCUT2D eigenvalue weighted by Crippen LogP contribution is 2.22. The zero-order chi connectivity index (χ0) is 9.52. The summed E-state index contributed by atoms with van der Waals surface area (Å²) in [5, 5.41) is 20.9. The third kappa shape index (κ3) is 4.60. The average Bonchev–Trinajstić information content (AvgIpc) is 2.19. The number of rotatable bonds is 5. The highest BCUT2D eigenvalue weighted by molar-refractivity contribution is 4.69. The highest BCUT2D eigenvalue weighted by Gasteiger charge is 2.12. The zero-order valence-electron chi connectivity index (χ0n) is 8.21. The van der Waals surface area contributed by atoms with Gasteiger partial charge in [-0.2, -0.15) is 0 Å². The Bertz CT molecular complexity index is 124. The molecule has 1 atom stereocenters. The largest absolute Gasteiger partial charge is 0.394 e. The fraction of sp³-hybridized carbons (Fsp3) is 1.00. The Morgan fingerprint density at radius 2 is 1.92 bits per heavy atom. The third-order valence-electron chi connectivity index (χ3n) is 2.75. The van der Waals surface area contributed by atoms with Crippen molar-refractivity contribution < 1.29 is 10.2 Å². The van der Waals surface area contributed by atoms with Gasteiger partial charge in [-0.3, -0.25) is 0 Å². The van der Waals surface area contributed by atoms with Gasteiger partial charge >= 0.3 is 0 Å². The monoisotopic (exact) mass is 187 g/mol. The van der Waals surface area contributed by atoms with Crippen LogP contribution in [0.5, 0.6) is 0 Å². The van der Waals surface area contributed by atoms with Crippen LogP contribution in [0, 0.1) is 5.92 Å². The minimum absolute atomic E-state index is 0.141. The molecule has 0 bridgehead atoms. The summed E-state index contributed by atoms with van der Waals surface area (Å²) in [6.07, 6.45) is 6.15. The summed E-state index contributed by atoms with van der Waals surface area (Å²) in [6, 6.07) is 0. The normalized spacial score (nSPS) is 21.7. The molecule has 0 aromatic heterocycles. The maximum atomic E-state index is 9.07. The van der Waals surface area contributed by atoms with Crippen molar-refractivity contribution in [3.05, 3.63) is 0 Å². The molecule has 0 heterocycles. The van der Waals surface area contributed by atoms with Crippen molar-refractivity contribution in [1.29, 1.82) is 0 Å². The second kappa shape index (κ2) is 6.35. The van der Waals surface area contributed by atoms with Gasteiger partial charge in [-0.25, -0.2) is 0 Å². The van der Waals surface area contributed by atoms with Gasteiger partial charge in [0, 0.05) is 6.54 Å². The lowest BCUT2D eigenvalue weighted by molar-refractivity contribution is 0.0930. The Labute approximate surface area is 80.2 Å². The molecule has 3 heteroatoms. The molecule has 0 aromatic carbocycles. The first-order valence-electron chi connectivity index (χ1n) is 5.32. The first-order valence-corrected chi connectivity index (χ1v) is 5.32. The molecule has 3 N–H and O–H groups in total. The van der Waals surface area contributed by atoms with E-state index in [0.29, 0.717) is 6.54 Å². The molecule has 1 unspecified atom stereocenters. The Balaban J connectivity index is 1.98. The topological polar surface area (TPSA) is 52.5 Å². The van der Waals surface area contributed by atoms with Gasteiger partial charge in [0.05, 0.1) is 12.7 Å². The first-order chi connectivity index (χ1) is 6.33. The summed E-state index contributed by atoms with van der Waals surface area (Å²) >= 11 is 0. The predicted octanol–water partition coefficient (Wildman–Crippen LogP) is 0.509. The Kier molecular flexibility index (Phi) is 5.35. The van der Waals surface area contributed by atoms with E-state index in [2.05, 4.69) is 5.32 Å². The van der Waals surface area contributed by atoms with E-state index < -0.39 is 6.10 Å². The summed E-state index contributed by atoms with van der Waals surface area (Å²) < 4.78 is 0. The Morgan fingerprint density at radius 1 is 1.23 bits per heavy atom. The van der Waals surface area contributed by atoms with Gasteiger partial charge in [-0.15, -0.1) is 0 Å². The van der Waals surface area contributed by atoms with E-state index in [-0.39, 0.29) is 6.61 Å². The molecular formula is C10H21NO2. The molecule has 1 rings (SSSR count). The molecule has 0 aliphatic heterocycles. The summed E-state index contributed by atoms with van der Waals surface area (Å²) in [5.74, 6) is 0.791. The van der Waals surface area contributed by atoms with Gasteiger partial charge in [0.1, 0.15) is 0 Å². The van der Waals surface area contributed by atoms with Crippen molar-refractivity contribution in [1.82, 2.24) is 5.32 Å². The van der Waals surface area contributed by atoms with Crippen LogP contribution in [0.15, 0.2) is 0 Å². The number of nitrogens with one attached hydrogen (secondary N) is 1. The molecule has 1 aliphatic rings. The standard InChI is InChI=1S/C10H21NO2/c12-8-10(13)7-11-6-9-4-2-1-3-5-9/h9-13H,1-8H2. The molecule has 0 amide bonds. The van der Waals surface area contributed by atoms with Crippen LogP contribution in [0.3, 0.4) is 0 Å². The SMILES string of the molecule is OCC(O)CNCC1CCCCC1. The van der Waals surface area contributed by atoms with Crippen molar-refractivity contribution in [3.63, 3.8) is 0 Å².